The van der Waals surface area contributed by atoms with Crippen LogP contribution < -0.4 is 0 Å². The molecule has 0 bridgehead atoms. The fourth-order valence-electron chi connectivity index (χ4n) is 0.721. The van der Waals surface area contributed by atoms with Crippen molar-refractivity contribution in [1.82, 2.24) is 4.98 Å². The van der Waals surface area contributed by atoms with Crippen molar-refractivity contribution < 1.29 is 22.7 Å². The molecule has 0 aliphatic carbocycles. The van der Waals surface area contributed by atoms with Gasteiger partial charge in [0, 0.05) is 6.07 Å². The molecule has 0 aliphatic heterocycles. The molecule has 0 spiro atoms. The summed E-state index contributed by atoms with van der Waals surface area (Å²) in [6.45, 7) is 0. The third-order valence-corrected chi connectivity index (χ3v) is 1.57. The smallest absolute Gasteiger partial charge is 0.357 e. The van der Waals surface area contributed by atoms with E-state index in [1.54, 1.807) is 0 Å². The van der Waals surface area contributed by atoms with Crippen molar-refractivity contribution in [3.8, 4) is 0 Å². The molecule has 14 heavy (non-hydrogen) atoms. The highest BCUT2D eigenvalue weighted by Crippen LogP contribution is 2.14. The monoisotopic (exact) mass is 218 g/mol. The Morgan fingerprint density at radius 1 is 1.57 bits per heavy atom. The van der Waals surface area contributed by atoms with E-state index in [-0.39, 0.29) is 5.69 Å². The Morgan fingerprint density at radius 2 is 2.21 bits per heavy atom. The van der Waals surface area contributed by atoms with Crippen LogP contribution in [0.25, 0.3) is 0 Å². The summed E-state index contributed by atoms with van der Waals surface area (Å²) in [7, 11) is -2.72. The SMILES string of the molecule is O=C(O)c1ncc(N=S(=O)=O)cc1F. The van der Waals surface area contributed by atoms with Gasteiger partial charge in [-0.1, -0.05) is 0 Å². The number of carboxylic acid groups (broad SMARTS) is 1. The maximum absolute atomic E-state index is 12.8. The van der Waals surface area contributed by atoms with Crippen LogP contribution in [-0.2, 0) is 10.5 Å². The number of halogens is 1. The predicted molar refractivity (Wildman–Crippen MR) is 42.2 cm³/mol. The van der Waals surface area contributed by atoms with Gasteiger partial charge in [0.05, 0.1) is 6.20 Å². The second-order valence-corrected chi connectivity index (χ2v) is 2.75. The summed E-state index contributed by atoms with van der Waals surface area (Å²) in [5.41, 5.74) is -1.04. The Labute approximate surface area is 78.7 Å². The molecule has 1 heterocycles. The first-order valence-electron chi connectivity index (χ1n) is 3.20. The zero-order chi connectivity index (χ0) is 10.7. The van der Waals surface area contributed by atoms with Crippen molar-refractivity contribution in [2.45, 2.75) is 0 Å². The number of hydrogen-bond donors (Lipinski definition) is 1. The van der Waals surface area contributed by atoms with E-state index in [0.717, 1.165) is 6.20 Å². The van der Waals surface area contributed by atoms with Crippen LogP contribution in [0.2, 0.25) is 0 Å². The Bertz CT molecular complexity index is 503. The number of carboxylic acids is 1. The third-order valence-electron chi connectivity index (χ3n) is 1.21. The number of aromatic nitrogens is 1. The van der Waals surface area contributed by atoms with E-state index in [1.165, 1.54) is 0 Å². The average Bonchev–Trinajstić information content (AvgIpc) is 2.01. The van der Waals surface area contributed by atoms with Crippen LogP contribution in [0.4, 0.5) is 10.1 Å². The van der Waals surface area contributed by atoms with Crippen molar-refractivity contribution in [2.24, 2.45) is 4.36 Å². The van der Waals surface area contributed by atoms with Gasteiger partial charge < -0.3 is 5.11 Å². The van der Waals surface area contributed by atoms with Gasteiger partial charge in [0.25, 0.3) is 0 Å². The number of carbonyl (C=O) groups is 1. The molecule has 1 aromatic rings. The van der Waals surface area contributed by atoms with Crippen LogP contribution >= 0.6 is 0 Å². The molecule has 0 unspecified atom stereocenters. The van der Waals surface area contributed by atoms with Gasteiger partial charge in [-0.15, -0.1) is 4.36 Å². The van der Waals surface area contributed by atoms with E-state index < -0.39 is 28.0 Å². The highest BCUT2D eigenvalue weighted by Gasteiger charge is 2.11. The lowest BCUT2D eigenvalue weighted by Crippen LogP contribution is -2.03. The molecule has 0 atom stereocenters. The fourth-order valence-corrected chi connectivity index (χ4v) is 0.993. The zero-order valence-corrected chi connectivity index (χ0v) is 7.32. The van der Waals surface area contributed by atoms with Crippen molar-refractivity contribution in [3.63, 3.8) is 0 Å². The van der Waals surface area contributed by atoms with E-state index in [4.69, 9.17) is 5.11 Å². The van der Waals surface area contributed by atoms with E-state index in [9.17, 15) is 17.6 Å². The molecule has 0 saturated heterocycles. The minimum absolute atomic E-state index is 0.263. The van der Waals surface area contributed by atoms with Gasteiger partial charge in [-0.2, -0.15) is 8.42 Å². The third kappa shape index (κ3) is 2.33. The molecule has 0 radical (unpaired) electrons. The number of hydrogen-bond acceptors (Lipinski definition) is 5. The molecule has 74 valence electrons. The first-order valence-corrected chi connectivity index (χ1v) is 4.24. The van der Waals surface area contributed by atoms with Gasteiger partial charge in [-0.25, -0.2) is 14.2 Å². The fraction of sp³-hybridized carbons (Fsp3) is 0. The van der Waals surface area contributed by atoms with Crippen LogP contribution in [-0.4, -0.2) is 24.5 Å². The van der Waals surface area contributed by atoms with E-state index >= 15 is 0 Å². The molecular weight excluding hydrogens is 215 g/mol. The summed E-state index contributed by atoms with van der Waals surface area (Å²) in [6, 6.07) is 0.673. The molecule has 8 heteroatoms. The number of rotatable bonds is 2. The molecule has 0 amide bonds. The first kappa shape index (κ1) is 10.3. The van der Waals surface area contributed by atoms with Gasteiger partial charge in [-0.05, 0) is 0 Å². The van der Waals surface area contributed by atoms with Crippen molar-refractivity contribution in [3.05, 3.63) is 23.8 Å². The lowest BCUT2D eigenvalue weighted by atomic mass is 10.3. The Kier molecular flexibility index (Phi) is 2.87. The second kappa shape index (κ2) is 3.92. The van der Waals surface area contributed by atoms with Crippen LogP contribution in [0.5, 0.6) is 0 Å². The normalized spacial score (nSPS) is 9.50. The second-order valence-electron chi connectivity index (χ2n) is 2.14. The average molecular weight is 218 g/mol. The summed E-state index contributed by atoms with van der Waals surface area (Å²) in [4.78, 5) is 13.5. The standard InChI is InChI=1S/C6H3FN2O4S/c7-4-1-3(9-14(12)13)2-8-5(4)6(10)11/h1-2H,(H,10,11). The van der Waals surface area contributed by atoms with Gasteiger partial charge in [0.1, 0.15) is 5.69 Å². The predicted octanol–water partition coefficient (Wildman–Crippen LogP) is 0.613. The maximum atomic E-state index is 12.8. The molecule has 1 aromatic heterocycles. The molecule has 0 fully saturated rings. The Hall–Kier alpha value is -1.83. The Morgan fingerprint density at radius 3 is 2.64 bits per heavy atom. The number of aromatic carboxylic acids is 1. The summed E-state index contributed by atoms with van der Waals surface area (Å²) >= 11 is 0. The molecule has 1 N–H and O–H groups in total. The lowest BCUT2D eigenvalue weighted by molar-refractivity contribution is 0.0685. The Balaban J connectivity index is 3.26. The topological polar surface area (TPSA) is 96.7 Å². The maximum Gasteiger partial charge on any atom is 0.357 e. The van der Waals surface area contributed by atoms with Crippen LogP contribution in [0.15, 0.2) is 16.6 Å². The molecule has 1 rings (SSSR count). The van der Waals surface area contributed by atoms with Crippen molar-refractivity contribution in [2.75, 3.05) is 0 Å². The number of pyridine rings is 1. The highest BCUT2D eigenvalue weighted by atomic mass is 32.2. The summed E-state index contributed by atoms with van der Waals surface area (Å²) in [5, 5.41) is 8.38. The summed E-state index contributed by atoms with van der Waals surface area (Å²) in [5.74, 6) is -2.67. The summed E-state index contributed by atoms with van der Waals surface area (Å²) in [6.07, 6.45) is 0.850. The largest absolute Gasteiger partial charge is 0.476 e. The minimum atomic E-state index is -2.72. The van der Waals surface area contributed by atoms with Gasteiger partial charge in [0.15, 0.2) is 11.5 Å². The molecule has 0 saturated carbocycles. The van der Waals surface area contributed by atoms with Gasteiger partial charge in [-0.3, -0.25) is 0 Å². The van der Waals surface area contributed by atoms with Crippen LogP contribution in [0.3, 0.4) is 0 Å². The van der Waals surface area contributed by atoms with E-state index in [1.807, 2.05) is 0 Å². The first-order chi connectivity index (χ1) is 6.50. The van der Waals surface area contributed by atoms with Crippen molar-refractivity contribution in [1.29, 1.82) is 0 Å². The lowest BCUT2D eigenvalue weighted by Gasteiger charge is -1.95. The molecule has 6 nitrogen and oxygen atoms in total. The molecular formula is C6H3FN2O4S. The quantitative estimate of drug-likeness (QED) is 0.784. The van der Waals surface area contributed by atoms with Gasteiger partial charge >= 0.3 is 16.5 Å². The molecule has 0 aromatic carbocycles. The van der Waals surface area contributed by atoms with E-state index in [2.05, 4.69) is 9.35 Å². The van der Waals surface area contributed by atoms with Gasteiger partial charge in [0.2, 0.25) is 0 Å². The molecule has 0 aliphatic rings. The van der Waals surface area contributed by atoms with Crippen LogP contribution in [0, 0.1) is 5.82 Å². The summed E-state index contributed by atoms with van der Waals surface area (Å²) < 4.78 is 35.9. The highest BCUT2D eigenvalue weighted by molar-refractivity contribution is 7.61. The van der Waals surface area contributed by atoms with Crippen molar-refractivity contribution >= 4 is 22.2 Å². The number of nitrogens with zero attached hydrogens (tertiary/aromatic N) is 2. The van der Waals surface area contributed by atoms with Crippen LogP contribution in [0.1, 0.15) is 10.5 Å². The minimum Gasteiger partial charge on any atom is -0.476 e. The van der Waals surface area contributed by atoms with E-state index in [0.29, 0.717) is 6.07 Å². The zero-order valence-electron chi connectivity index (χ0n) is 6.51.